The Morgan fingerprint density at radius 2 is 1.56 bits per heavy atom. The molecule has 0 unspecified atom stereocenters. The van der Waals surface area contributed by atoms with E-state index in [2.05, 4.69) is 0 Å². The summed E-state index contributed by atoms with van der Waals surface area (Å²) in [5.41, 5.74) is 2.17. The number of hydrogen-bond acceptors (Lipinski definition) is 3. The van der Waals surface area contributed by atoms with Gasteiger partial charge in [-0.3, -0.25) is 0 Å². The minimum atomic E-state index is 0.188. The Balaban J connectivity index is 0.000000184. The number of aromatic hydroxyl groups is 2. The van der Waals surface area contributed by atoms with Crippen LogP contribution in [0.25, 0.3) is 0 Å². The molecule has 3 heteroatoms. The molecule has 0 heterocycles. The van der Waals surface area contributed by atoms with Gasteiger partial charge in [0.25, 0.3) is 0 Å². The van der Waals surface area contributed by atoms with E-state index in [1.807, 2.05) is 32.0 Å². The van der Waals surface area contributed by atoms with Crippen LogP contribution in [0.1, 0.15) is 11.1 Å². The lowest BCUT2D eigenvalue weighted by atomic mass is 10.2. The number of ether oxygens (including phenoxy) is 1. The SMILES string of the molecule is COc1cc(C)ccc1O.Cc1cccc(O)c1. The van der Waals surface area contributed by atoms with Crippen molar-refractivity contribution < 1.29 is 14.9 Å². The number of benzene rings is 2. The molecule has 2 N–H and O–H groups in total. The largest absolute Gasteiger partial charge is 0.508 e. The first-order chi connectivity index (χ1) is 8.52. The van der Waals surface area contributed by atoms with Gasteiger partial charge in [0.05, 0.1) is 7.11 Å². The van der Waals surface area contributed by atoms with E-state index in [1.165, 1.54) is 7.11 Å². The molecule has 0 fully saturated rings. The van der Waals surface area contributed by atoms with E-state index < -0.39 is 0 Å². The second-order valence-corrected chi connectivity index (χ2v) is 4.01. The van der Waals surface area contributed by atoms with Crippen LogP contribution in [0.5, 0.6) is 17.2 Å². The molecule has 0 saturated heterocycles. The quantitative estimate of drug-likeness (QED) is 0.810. The first kappa shape index (κ1) is 13.9. The summed E-state index contributed by atoms with van der Waals surface area (Å²) in [5.74, 6) is 1.05. The molecule has 2 aromatic rings. The molecular weight excluding hydrogens is 228 g/mol. The second kappa shape index (κ2) is 6.55. The van der Waals surface area contributed by atoms with Gasteiger partial charge >= 0.3 is 0 Å². The maximum Gasteiger partial charge on any atom is 0.160 e. The van der Waals surface area contributed by atoms with Crippen LogP contribution >= 0.6 is 0 Å². The van der Waals surface area contributed by atoms with Gasteiger partial charge in [-0.15, -0.1) is 0 Å². The van der Waals surface area contributed by atoms with Crippen molar-refractivity contribution >= 4 is 0 Å². The van der Waals surface area contributed by atoms with E-state index in [0.717, 1.165) is 11.1 Å². The van der Waals surface area contributed by atoms with Gasteiger partial charge in [-0.25, -0.2) is 0 Å². The summed E-state index contributed by atoms with van der Waals surface area (Å²) in [6.07, 6.45) is 0. The number of aryl methyl sites for hydroxylation is 2. The van der Waals surface area contributed by atoms with E-state index >= 15 is 0 Å². The normalized spacial score (nSPS) is 9.28. The fraction of sp³-hybridized carbons (Fsp3) is 0.200. The van der Waals surface area contributed by atoms with Gasteiger partial charge in [-0.05, 0) is 49.2 Å². The van der Waals surface area contributed by atoms with E-state index in [0.29, 0.717) is 11.5 Å². The van der Waals surface area contributed by atoms with Crippen molar-refractivity contribution in [1.29, 1.82) is 0 Å². The molecule has 0 spiro atoms. The minimum absolute atomic E-state index is 0.188. The lowest BCUT2D eigenvalue weighted by molar-refractivity contribution is 0.373. The maximum absolute atomic E-state index is 9.11. The summed E-state index contributed by atoms with van der Waals surface area (Å²) >= 11 is 0. The monoisotopic (exact) mass is 246 g/mol. The standard InChI is InChI=1S/C8H10O2.C7H8O/c1-6-3-4-7(9)8(5-6)10-2;1-6-3-2-4-7(8)5-6/h3-5,9H,1-2H3;2-5,8H,1H3. The highest BCUT2D eigenvalue weighted by molar-refractivity contribution is 5.41. The molecule has 0 aliphatic rings. The van der Waals surface area contributed by atoms with Crippen molar-refractivity contribution in [2.24, 2.45) is 0 Å². The van der Waals surface area contributed by atoms with Crippen LogP contribution in [-0.2, 0) is 0 Å². The Labute approximate surface area is 107 Å². The van der Waals surface area contributed by atoms with Gasteiger partial charge in [-0.1, -0.05) is 18.2 Å². The van der Waals surface area contributed by atoms with Crippen molar-refractivity contribution in [2.75, 3.05) is 7.11 Å². The van der Waals surface area contributed by atoms with Gasteiger partial charge < -0.3 is 14.9 Å². The van der Waals surface area contributed by atoms with Crippen LogP contribution < -0.4 is 4.74 Å². The van der Waals surface area contributed by atoms with Gasteiger partial charge in [0, 0.05) is 0 Å². The molecule has 96 valence electrons. The molecule has 0 radical (unpaired) electrons. The molecule has 18 heavy (non-hydrogen) atoms. The van der Waals surface area contributed by atoms with E-state index in [-0.39, 0.29) is 5.75 Å². The summed E-state index contributed by atoms with van der Waals surface area (Å²) < 4.78 is 4.88. The number of hydrogen-bond donors (Lipinski definition) is 2. The van der Waals surface area contributed by atoms with Crippen molar-refractivity contribution in [1.82, 2.24) is 0 Å². The zero-order valence-electron chi connectivity index (χ0n) is 10.8. The molecule has 0 aromatic heterocycles. The number of phenolic OH excluding ortho intramolecular Hbond substituents is 2. The van der Waals surface area contributed by atoms with Gasteiger partial charge in [0.1, 0.15) is 5.75 Å². The van der Waals surface area contributed by atoms with Crippen molar-refractivity contribution in [2.45, 2.75) is 13.8 Å². The predicted molar refractivity (Wildman–Crippen MR) is 72.2 cm³/mol. The summed E-state index contributed by atoms with van der Waals surface area (Å²) in [6.45, 7) is 3.89. The Morgan fingerprint density at radius 3 is 2.00 bits per heavy atom. The minimum Gasteiger partial charge on any atom is -0.508 e. The third-order valence-corrected chi connectivity index (χ3v) is 2.34. The Kier molecular flexibility index (Phi) is 5.06. The summed E-state index contributed by atoms with van der Waals surface area (Å²) in [7, 11) is 1.54. The Bertz CT molecular complexity index is 490. The third kappa shape index (κ3) is 4.37. The topological polar surface area (TPSA) is 49.7 Å². The number of rotatable bonds is 1. The van der Waals surface area contributed by atoms with Crippen LogP contribution in [-0.4, -0.2) is 17.3 Å². The molecule has 0 aliphatic carbocycles. The Hall–Kier alpha value is -2.16. The van der Waals surface area contributed by atoms with Crippen LogP contribution in [0.15, 0.2) is 42.5 Å². The first-order valence-corrected chi connectivity index (χ1v) is 5.62. The molecule has 0 atom stereocenters. The Morgan fingerprint density at radius 1 is 0.889 bits per heavy atom. The molecule has 3 nitrogen and oxygen atoms in total. The van der Waals surface area contributed by atoms with Crippen molar-refractivity contribution in [3.05, 3.63) is 53.6 Å². The van der Waals surface area contributed by atoms with Gasteiger partial charge in [-0.2, -0.15) is 0 Å². The van der Waals surface area contributed by atoms with E-state index in [4.69, 9.17) is 14.9 Å². The first-order valence-electron chi connectivity index (χ1n) is 5.62. The maximum atomic E-state index is 9.11. The van der Waals surface area contributed by atoms with Crippen LogP contribution in [0.2, 0.25) is 0 Å². The predicted octanol–water partition coefficient (Wildman–Crippen LogP) is 3.41. The molecule has 2 rings (SSSR count). The molecule has 0 aliphatic heterocycles. The van der Waals surface area contributed by atoms with E-state index in [9.17, 15) is 0 Å². The van der Waals surface area contributed by atoms with Crippen LogP contribution in [0.4, 0.5) is 0 Å². The molecule has 2 aromatic carbocycles. The third-order valence-electron chi connectivity index (χ3n) is 2.34. The molecule has 0 bridgehead atoms. The lowest BCUT2D eigenvalue weighted by Crippen LogP contribution is -1.83. The lowest BCUT2D eigenvalue weighted by Gasteiger charge is -2.02. The average Bonchev–Trinajstić information content (AvgIpc) is 2.33. The molecular formula is C15H18O3. The van der Waals surface area contributed by atoms with Crippen LogP contribution in [0, 0.1) is 13.8 Å². The highest BCUT2D eigenvalue weighted by atomic mass is 16.5. The zero-order valence-corrected chi connectivity index (χ0v) is 10.8. The summed E-state index contributed by atoms with van der Waals surface area (Å²) in [4.78, 5) is 0. The van der Waals surface area contributed by atoms with Crippen LogP contribution in [0.3, 0.4) is 0 Å². The molecule has 0 amide bonds. The second-order valence-electron chi connectivity index (χ2n) is 4.01. The number of methoxy groups -OCH3 is 1. The van der Waals surface area contributed by atoms with Crippen molar-refractivity contribution in [3.63, 3.8) is 0 Å². The van der Waals surface area contributed by atoms with Crippen molar-refractivity contribution in [3.8, 4) is 17.2 Å². The summed E-state index contributed by atoms with van der Waals surface area (Å²) in [6, 6.07) is 12.4. The highest BCUT2D eigenvalue weighted by Gasteiger charge is 1.97. The fourth-order valence-electron chi connectivity index (χ4n) is 1.41. The summed E-state index contributed by atoms with van der Waals surface area (Å²) in [5, 5.41) is 17.9. The average molecular weight is 246 g/mol. The van der Waals surface area contributed by atoms with Gasteiger partial charge in [0.2, 0.25) is 0 Å². The fourth-order valence-corrected chi connectivity index (χ4v) is 1.41. The smallest absolute Gasteiger partial charge is 0.160 e. The number of phenols is 2. The van der Waals surface area contributed by atoms with Gasteiger partial charge in [0.15, 0.2) is 11.5 Å². The van der Waals surface area contributed by atoms with E-state index in [1.54, 1.807) is 24.3 Å². The zero-order chi connectivity index (χ0) is 13.5. The highest BCUT2D eigenvalue weighted by Crippen LogP contribution is 2.25. The molecule has 0 saturated carbocycles.